The molecule has 0 aliphatic carbocycles. The van der Waals surface area contributed by atoms with Crippen LogP contribution in [0.4, 0.5) is 18.9 Å². The van der Waals surface area contributed by atoms with Crippen LogP contribution in [0.3, 0.4) is 0 Å². The molecule has 0 amide bonds. The van der Waals surface area contributed by atoms with Gasteiger partial charge in [0.05, 0.1) is 12.1 Å². The third-order valence-corrected chi connectivity index (χ3v) is 3.08. The van der Waals surface area contributed by atoms with Gasteiger partial charge in [0.25, 0.3) is 10.2 Å². The Balaban J connectivity index is 2.84. The smallest absolute Gasteiger partial charge is 0.402 e. The normalized spacial score (nSPS) is 12.2. The highest BCUT2D eigenvalue weighted by Gasteiger charge is 2.29. The number of carboxylic acid groups (broad SMARTS) is 1. The van der Waals surface area contributed by atoms with E-state index in [2.05, 4.69) is 0 Å². The summed E-state index contributed by atoms with van der Waals surface area (Å²) in [6.45, 7) is -1.72. The van der Waals surface area contributed by atoms with Gasteiger partial charge in [-0.15, -0.1) is 0 Å². The molecule has 0 aliphatic heterocycles. The highest BCUT2D eigenvalue weighted by Crippen LogP contribution is 2.18. The van der Waals surface area contributed by atoms with E-state index in [1.807, 2.05) is 4.72 Å². The molecule has 0 spiro atoms. The van der Waals surface area contributed by atoms with Gasteiger partial charge in [-0.25, -0.2) is 0 Å². The molecule has 6 nitrogen and oxygen atoms in total. The van der Waals surface area contributed by atoms with Gasteiger partial charge in [-0.05, 0) is 11.6 Å². The van der Waals surface area contributed by atoms with E-state index in [4.69, 9.17) is 5.11 Å². The lowest BCUT2D eigenvalue weighted by Crippen LogP contribution is -2.37. The number of para-hydroxylation sites is 1. The Labute approximate surface area is 112 Å². The van der Waals surface area contributed by atoms with Gasteiger partial charge < -0.3 is 5.11 Å². The molecule has 0 saturated carbocycles. The average molecular weight is 312 g/mol. The lowest BCUT2D eigenvalue weighted by Gasteiger charge is -2.13. The maximum Gasteiger partial charge on any atom is 0.402 e. The third kappa shape index (κ3) is 5.89. The van der Waals surface area contributed by atoms with Crippen molar-refractivity contribution in [2.45, 2.75) is 12.6 Å². The number of carboxylic acids is 1. The molecule has 10 heteroatoms. The monoisotopic (exact) mass is 312 g/mol. The van der Waals surface area contributed by atoms with E-state index in [9.17, 15) is 26.4 Å². The Morgan fingerprint density at radius 3 is 2.40 bits per heavy atom. The maximum absolute atomic E-state index is 11.9. The molecule has 0 heterocycles. The Bertz CT molecular complexity index is 586. The zero-order valence-electron chi connectivity index (χ0n) is 9.94. The number of alkyl halides is 3. The van der Waals surface area contributed by atoms with E-state index in [0.717, 1.165) is 0 Å². The van der Waals surface area contributed by atoms with Crippen LogP contribution >= 0.6 is 0 Å². The van der Waals surface area contributed by atoms with Crippen LogP contribution in [0.1, 0.15) is 5.56 Å². The summed E-state index contributed by atoms with van der Waals surface area (Å²) in [7, 11) is -4.44. The number of hydrogen-bond donors (Lipinski definition) is 3. The number of hydrogen-bond acceptors (Lipinski definition) is 3. The molecule has 0 aliphatic rings. The number of anilines is 1. The molecule has 1 aromatic carbocycles. The van der Waals surface area contributed by atoms with Crippen LogP contribution < -0.4 is 9.44 Å². The number of halogens is 3. The minimum absolute atomic E-state index is 0.0930. The Kier molecular flexibility index (Phi) is 4.95. The van der Waals surface area contributed by atoms with Gasteiger partial charge in [-0.2, -0.15) is 26.3 Å². The molecule has 1 aromatic rings. The average Bonchev–Trinajstić information content (AvgIpc) is 2.28. The van der Waals surface area contributed by atoms with Crippen LogP contribution in [-0.2, 0) is 21.4 Å². The first kappa shape index (κ1) is 16.2. The standard InChI is InChI=1S/C10H11F3N2O4S/c11-10(12,13)6-14-20(18,19)15-8-4-2-1-3-7(8)5-9(16)17/h1-4,14-15H,5-6H2,(H,16,17). The van der Waals surface area contributed by atoms with Crippen LogP contribution in [0, 0.1) is 0 Å². The van der Waals surface area contributed by atoms with E-state index in [1.54, 1.807) is 0 Å². The fourth-order valence-corrected chi connectivity index (χ4v) is 2.21. The SMILES string of the molecule is O=C(O)Cc1ccccc1NS(=O)(=O)NCC(F)(F)F. The molecule has 0 atom stereocenters. The predicted octanol–water partition coefficient (Wildman–Crippen LogP) is 1.12. The minimum atomic E-state index is -4.69. The van der Waals surface area contributed by atoms with Crippen LogP contribution in [0.5, 0.6) is 0 Å². The molecule has 0 saturated heterocycles. The molecule has 112 valence electrons. The fraction of sp³-hybridized carbons (Fsp3) is 0.300. The zero-order chi connectivity index (χ0) is 15.4. The van der Waals surface area contributed by atoms with Gasteiger partial charge >= 0.3 is 12.1 Å². The first-order valence-corrected chi connectivity index (χ1v) is 6.71. The molecule has 20 heavy (non-hydrogen) atoms. The summed E-state index contributed by atoms with van der Waals surface area (Å²) in [5.74, 6) is -1.19. The summed E-state index contributed by atoms with van der Waals surface area (Å²) >= 11 is 0. The number of rotatable bonds is 6. The highest BCUT2D eigenvalue weighted by molar-refractivity contribution is 7.90. The van der Waals surface area contributed by atoms with Crippen molar-refractivity contribution in [3.8, 4) is 0 Å². The van der Waals surface area contributed by atoms with Gasteiger partial charge in [0.2, 0.25) is 0 Å². The van der Waals surface area contributed by atoms with E-state index in [1.165, 1.54) is 29.0 Å². The van der Waals surface area contributed by atoms with Gasteiger partial charge in [0.15, 0.2) is 0 Å². The molecule has 0 fully saturated rings. The lowest BCUT2D eigenvalue weighted by molar-refractivity contribution is -0.136. The molecule has 0 aromatic heterocycles. The second kappa shape index (κ2) is 6.09. The fourth-order valence-electron chi connectivity index (χ4n) is 1.29. The summed E-state index contributed by atoms with van der Waals surface area (Å²) < 4.78 is 61.8. The topological polar surface area (TPSA) is 95.5 Å². The Morgan fingerprint density at radius 1 is 1.25 bits per heavy atom. The molecular weight excluding hydrogens is 301 g/mol. The highest BCUT2D eigenvalue weighted by atomic mass is 32.2. The molecule has 0 radical (unpaired) electrons. The van der Waals surface area contributed by atoms with Crippen LogP contribution in [0.25, 0.3) is 0 Å². The van der Waals surface area contributed by atoms with Crippen molar-refractivity contribution in [1.82, 2.24) is 4.72 Å². The molecule has 3 N–H and O–H groups in total. The second-order valence-corrected chi connectivity index (χ2v) is 5.27. The largest absolute Gasteiger partial charge is 0.481 e. The van der Waals surface area contributed by atoms with Gasteiger partial charge in [-0.1, -0.05) is 18.2 Å². The van der Waals surface area contributed by atoms with Crippen molar-refractivity contribution in [3.63, 3.8) is 0 Å². The van der Waals surface area contributed by atoms with Crippen molar-refractivity contribution in [1.29, 1.82) is 0 Å². The summed E-state index contributed by atoms with van der Waals surface area (Å²) in [5, 5.41) is 8.66. The van der Waals surface area contributed by atoms with Crippen LogP contribution in [0.15, 0.2) is 24.3 Å². The summed E-state index contributed by atoms with van der Waals surface area (Å²) in [6, 6.07) is 5.52. The van der Waals surface area contributed by atoms with Crippen molar-refractivity contribution in [2.75, 3.05) is 11.3 Å². The van der Waals surface area contributed by atoms with Crippen molar-refractivity contribution in [2.24, 2.45) is 0 Å². The quantitative estimate of drug-likeness (QED) is 0.733. The van der Waals surface area contributed by atoms with Crippen molar-refractivity contribution < 1.29 is 31.5 Å². The predicted molar refractivity (Wildman–Crippen MR) is 64.4 cm³/mol. The van der Waals surface area contributed by atoms with E-state index >= 15 is 0 Å². The minimum Gasteiger partial charge on any atom is -0.481 e. The van der Waals surface area contributed by atoms with Crippen molar-refractivity contribution in [3.05, 3.63) is 29.8 Å². The van der Waals surface area contributed by atoms with Crippen molar-refractivity contribution >= 4 is 21.9 Å². The number of carbonyl (C=O) groups is 1. The van der Waals surface area contributed by atoms with Crippen LogP contribution in [0.2, 0.25) is 0 Å². The van der Waals surface area contributed by atoms with Gasteiger partial charge in [-0.3, -0.25) is 9.52 Å². The summed E-state index contributed by atoms with van der Waals surface area (Å²) in [4.78, 5) is 10.6. The number of benzene rings is 1. The first-order chi connectivity index (χ1) is 9.09. The van der Waals surface area contributed by atoms with Gasteiger partial charge in [0, 0.05) is 0 Å². The second-order valence-electron chi connectivity index (χ2n) is 3.77. The molecule has 0 unspecified atom stereocenters. The van der Waals surface area contributed by atoms with Gasteiger partial charge in [0.1, 0.15) is 6.54 Å². The molecular formula is C10H11F3N2O4S. The summed E-state index contributed by atoms with van der Waals surface area (Å²) in [6.07, 6.45) is -5.15. The van der Waals surface area contributed by atoms with E-state index in [0.29, 0.717) is 0 Å². The Morgan fingerprint density at radius 2 is 1.85 bits per heavy atom. The van der Waals surface area contributed by atoms with E-state index in [-0.39, 0.29) is 11.3 Å². The first-order valence-electron chi connectivity index (χ1n) is 5.23. The molecule has 1 rings (SSSR count). The molecule has 0 bridgehead atoms. The zero-order valence-corrected chi connectivity index (χ0v) is 10.8. The van der Waals surface area contributed by atoms with Crippen LogP contribution in [-0.4, -0.2) is 32.2 Å². The Hall–Kier alpha value is -1.81. The lowest BCUT2D eigenvalue weighted by atomic mass is 10.1. The number of nitrogens with one attached hydrogen (secondary N) is 2. The maximum atomic E-state index is 11.9. The van der Waals surface area contributed by atoms with E-state index < -0.39 is 35.3 Å². The number of aliphatic carboxylic acids is 1. The summed E-state index contributed by atoms with van der Waals surface area (Å²) in [5.41, 5.74) is 0.0435. The third-order valence-electron chi connectivity index (χ3n) is 2.07.